The molecule has 1 aliphatic heterocycles. The summed E-state index contributed by atoms with van der Waals surface area (Å²) in [4.78, 5) is 27.6. The first-order valence-electron chi connectivity index (χ1n) is 8.85. The van der Waals surface area contributed by atoms with Crippen LogP contribution in [0, 0.1) is 0 Å². The maximum atomic E-state index is 13.1. The molecule has 0 saturated heterocycles. The Morgan fingerprint density at radius 2 is 1.81 bits per heavy atom. The number of carbonyl (C=O) groups excluding carboxylic acids is 2. The van der Waals surface area contributed by atoms with Gasteiger partial charge in [0.1, 0.15) is 5.75 Å². The van der Waals surface area contributed by atoms with Crippen LogP contribution in [0.2, 0.25) is 0 Å². The average Bonchev–Trinajstić information content (AvgIpc) is 2.70. The van der Waals surface area contributed by atoms with Crippen molar-refractivity contribution in [1.29, 1.82) is 0 Å². The summed E-state index contributed by atoms with van der Waals surface area (Å²) in [5.41, 5.74) is 2.20. The van der Waals surface area contributed by atoms with Gasteiger partial charge in [0.15, 0.2) is 0 Å². The topological polar surface area (TPSA) is 67.9 Å². The molecule has 0 radical (unpaired) electrons. The van der Waals surface area contributed by atoms with Crippen LogP contribution in [0.25, 0.3) is 0 Å². The molecule has 3 rings (SSSR count). The summed E-state index contributed by atoms with van der Waals surface area (Å²) >= 11 is 0. The van der Waals surface area contributed by atoms with E-state index in [9.17, 15) is 9.59 Å². The number of likely N-dealkylation sites (N-methyl/N-ethyl adjacent to an activating group) is 1. The van der Waals surface area contributed by atoms with Crippen molar-refractivity contribution in [3.63, 3.8) is 0 Å². The molecule has 6 heteroatoms. The Morgan fingerprint density at radius 3 is 2.48 bits per heavy atom. The van der Waals surface area contributed by atoms with Crippen LogP contribution in [-0.2, 0) is 9.53 Å². The highest BCUT2D eigenvalue weighted by atomic mass is 16.5. The number of rotatable bonds is 6. The molecule has 1 heterocycles. The van der Waals surface area contributed by atoms with E-state index in [1.807, 2.05) is 42.5 Å². The summed E-state index contributed by atoms with van der Waals surface area (Å²) in [5.74, 6) is 0.00575. The third kappa shape index (κ3) is 3.66. The molecule has 0 spiro atoms. The molecule has 142 valence electrons. The number of hydrogen-bond donors (Lipinski definition) is 1. The van der Waals surface area contributed by atoms with Crippen molar-refractivity contribution in [2.24, 2.45) is 0 Å². The Balaban J connectivity index is 2.04. The Morgan fingerprint density at radius 1 is 1.11 bits per heavy atom. The number of carbonyl (C=O) groups is 2. The second-order valence-corrected chi connectivity index (χ2v) is 6.48. The molecule has 1 N–H and O–H groups in total. The van der Waals surface area contributed by atoms with Gasteiger partial charge >= 0.3 is 0 Å². The number of methoxy groups -OCH3 is 2. The van der Waals surface area contributed by atoms with E-state index in [4.69, 9.17) is 9.47 Å². The van der Waals surface area contributed by atoms with Crippen molar-refractivity contribution < 1.29 is 19.1 Å². The van der Waals surface area contributed by atoms with Gasteiger partial charge in [0.2, 0.25) is 5.91 Å². The summed E-state index contributed by atoms with van der Waals surface area (Å²) < 4.78 is 10.3. The Labute approximate surface area is 159 Å². The summed E-state index contributed by atoms with van der Waals surface area (Å²) in [6.07, 6.45) is 0. The Bertz CT molecular complexity index is 819. The van der Waals surface area contributed by atoms with E-state index in [-0.39, 0.29) is 11.8 Å². The number of nitrogens with one attached hydrogen (secondary N) is 1. The van der Waals surface area contributed by atoms with E-state index in [0.29, 0.717) is 18.7 Å². The molecule has 6 nitrogen and oxygen atoms in total. The van der Waals surface area contributed by atoms with Crippen LogP contribution in [-0.4, -0.2) is 51.1 Å². The molecule has 27 heavy (non-hydrogen) atoms. The van der Waals surface area contributed by atoms with Crippen LogP contribution in [0.3, 0.4) is 0 Å². The first-order chi connectivity index (χ1) is 13.1. The number of nitrogens with zero attached hydrogens (tertiary/aromatic N) is 1. The molecule has 2 unspecified atom stereocenters. The largest absolute Gasteiger partial charge is 0.497 e. The summed E-state index contributed by atoms with van der Waals surface area (Å²) in [7, 11) is 4.94. The fourth-order valence-electron chi connectivity index (χ4n) is 3.56. The molecule has 0 bridgehead atoms. The van der Waals surface area contributed by atoms with Gasteiger partial charge in [-0.2, -0.15) is 0 Å². The third-order valence-electron chi connectivity index (χ3n) is 4.92. The van der Waals surface area contributed by atoms with E-state index >= 15 is 0 Å². The molecule has 1 aliphatic rings. The van der Waals surface area contributed by atoms with Crippen molar-refractivity contribution in [2.75, 3.05) is 34.4 Å². The van der Waals surface area contributed by atoms with Crippen LogP contribution >= 0.6 is 0 Å². The van der Waals surface area contributed by atoms with E-state index in [1.165, 1.54) is 0 Å². The summed E-state index contributed by atoms with van der Waals surface area (Å²) in [5, 5.41) is 2.93. The standard InChI is InChI=1S/C21H24N2O4/c1-23-19(14-8-10-15(27-3)11-9-14)18(20(24)22-12-13-26-2)16-6-4-5-7-17(16)21(23)25/h4-11,18-19H,12-13H2,1-3H3,(H,22,24). The molecule has 2 aromatic rings. The number of amides is 2. The fourth-order valence-corrected chi connectivity index (χ4v) is 3.56. The van der Waals surface area contributed by atoms with Crippen LogP contribution in [0.5, 0.6) is 5.75 Å². The van der Waals surface area contributed by atoms with E-state index < -0.39 is 12.0 Å². The number of benzene rings is 2. The first-order valence-corrected chi connectivity index (χ1v) is 8.85. The molecule has 0 fully saturated rings. The minimum atomic E-state index is -0.505. The minimum Gasteiger partial charge on any atom is -0.497 e. The van der Waals surface area contributed by atoms with Crippen molar-refractivity contribution in [3.8, 4) is 5.75 Å². The van der Waals surface area contributed by atoms with Crippen molar-refractivity contribution in [2.45, 2.75) is 12.0 Å². The van der Waals surface area contributed by atoms with Crippen molar-refractivity contribution >= 4 is 11.8 Å². The SMILES string of the molecule is COCCNC(=O)C1c2ccccc2C(=O)N(C)C1c1ccc(OC)cc1. The van der Waals surface area contributed by atoms with Crippen LogP contribution in [0.4, 0.5) is 0 Å². The molecular weight excluding hydrogens is 344 g/mol. The van der Waals surface area contributed by atoms with E-state index in [1.54, 1.807) is 32.2 Å². The lowest BCUT2D eigenvalue weighted by molar-refractivity contribution is -0.124. The predicted octanol–water partition coefficient (Wildman–Crippen LogP) is 2.37. The van der Waals surface area contributed by atoms with Crippen LogP contribution < -0.4 is 10.1 Å². The van der Waals surface area contributed by atoms with Gasteiger partial charge in [0.25, 0.3) is 5.91 Å². The molecule has 2 atom stereocenters. The second kappa shape index (κ2) is 8.22. The zero-order valence-corrected chi connectivity index (χ0v) is 15.8. The van der Waals surface area contributed by atoms with Crippen LogP contribution in [0.1, 0.15) is 33.4 Å². The Hall–Kier alpha value is -2.86. The summed E-state index contributed by atoms with van der Waals surface area (Å²) in [6.45, 7) is 0.850. The molecule has 2 amide bonds. The fraction of sp³-hybridized carbons (Fsp3) is 0.333. The van der Waals surface area contributed by atoms with Crippen LogP contribution in [0.15, 0.2) is 48.5 Å². The molecule has 2 aromatic carbocycles. The minimum absolute atomic E-state index is 0.0904. The van der Waals surface area contributed by atoms with Gasteiger partial charge in [-0.1, -0.05) is 30.3 Å². The Kier molecular flexibility index (Phi) is 5.76. The van der Waals surface area contributed by atoms with Crippen molar-refractivity contribution in [3.05, 3.63) is 65.2 Å². The highest BCUT2D eigenvalue weighted by Gasteiger charge is 2.42. The normalized spacial score (nSPS) is 18.8. The van der Waals surface area contributed by atoms with Gasteiger partial charge in [-0.25, -0.2) is 0 Å². The van der Waals surface area contributed by atoms with Gasteiger partial charge in [-0.15, -0.1) is 0 Å². The zero-order valence-electron chi connectivity index (χ0n) is 15.8. The maximum absolute atomic E-state index is 13.1. The van der Waals surface area contributed by atoms with E-state index in [2.05, 4.69) is 5.32 Å². The molecular formula is C21H24N2O4. The lowest BCUT2D eigenvalue weighted by atomic mass is 9.79. The van der Waals surface area contributed by atoms with Gasteiger partial charge in [0.05, 0.1) is 25.7 Å². The van der Waals surface area contributed by atoms with Crippen molar-refractivity contribution in [1.82, 2.24) is 10.2 Å². The maximum Gasteiger partial charge on any atom is 0.254 e. The number of fused-ring (bicyclic) bond motifs is 1. The smallest absolute Gasteiger partial charge is 0.254 e. The lowest BCUT2D eigenvalue weighted by Crippen LogP contribution is -2.46. The quantitative estimate of drug-likeness (QED) is 0.795. The highest BCUT2D eigenvalue weighted by Crippen LogP contribution is 2.42. The predicted molar refractivity (Wildman–Crippen MR) is 102 cm³/mol. The van der Waals surface area contributed by atoms with Gasteiger partial charge in [-0.3, -0.25) is 9.59 Å². The zero-order chi connectivity index (χ0) is 19.4. The molecule has 0 aliphatic carbocycles. The first kappa shape index (κ1) is 18.9. The summed E-state index contributed by atoms with van der Waals surface area (Å²) in [6, 6.07) is 14.4. The average molecular weight is 368 g/mol. The van der Waals surface area contributed by atoms with Gasteiger partial charge in [-0.05, 0) is 29.3 Å². The second-order valence-electron chi connectivity index (χ2n) is 6.48. The molecule has 0 aromatic heterocycles. The number of hydrogen-bond acceptors (Lipinski definition) is 4. The molecule has 0 saturated carbocycles. The highest BCUT2D eigenvalue weighted by molar-refractivity contribution is 6.01. The monoisotopic (exact) mass is 368 g/mol. The third-order valence-corrected chi connectivity index (χ3v) is 4.92. The number of ether oxygens (including phenoxy) is 2. The van der Waals surface area contributed by atoms with Gasteiger partial charge < -0.3 is 19.7 Å². The van der Waals surface area contributed by atoms with Gasteiger partial charge in [0, 0.05) is 26.3 Å². The lowest BCUT2D eigenvalue weighted by Gasteiger charge is -2.39. The van der Waals surface area contributed by atoms with E-state index in [0.717, 1.165) is 16.9 Å².